The van der Waals surface area contributed by atoms with E-state index in [1.165, 1.54) is 12.5 Å². The van der Waals surface area contributed by atoms with Crippen LogP contribution >= 0.6 is 0 Å². The van der Waals surface area contributed by atoms with E-state index < -0.39 is 18.2 Å². The molecule has 0 N–H and O–H groups in total. The lowest BCUT2D eigenvalue weighted by molar-refractivity contribution is -0.122. The molecule has 0 aliphatic heterocycles. The van der Waals surface area contributed by atoms with Gasteiger partial charge in [-0.25, -0.2) is 9.59 Å². The monoisotopic (exact) mass is 405 g/mol. The first-order chi connectivity index (χ1) is 14.6. The van der Waals surface area contributed by atoms with Crippen molar-refractivity contribution < 1.29 is 18.7 Å². The third-order valence-electron chi connectivity index (χ3n) is 5.43. The van der Waals surface area contributed by atoms with Crippen LogP contribution in [0.5, 0.6) is 0 Å². The Morgan fingerprint density at radius 3 is 2.43 bits per heavy atom. The van der Waals surface area contributed by atoms with E-state index in [0.717, 1.165) is 31.4 Å². The molecule has 0 bridgehead atoms. The summed E-state index contributed by atoms with van der Waals surface area (Å²) in [7, 11) is 0. The zero-order valence-corrected chi connectivity index (χ0v) is 16.6. The predicted molar refractivity (Wildman–Crippen MR) is 114 cm³/mol. The van der Waals surface area contributed by atoms with Crippen molar-refractivity contribution in [1.29, 1.82) is 0 Å². The molecular weight excluding hydrogens is 382 g/mol. The Hall–Kier alpha value is -3.41. The summed E-state index contributed by atoms with van der Waals surface area (Å²) < 4.78 is 10.4. The molecule has 30 heavy (non-hydrogen) atoms. The lowest BCUT2D eigenvalue weighted by Gasteiger charge is -2.34. The highest BCUT2D eigenvalue weighted by Crippen LogP contribution is 2.27. The summed E-state index contributed by atoms with van der Waals surface area (Å²) in [6.45, 7) is -0.434. The number of benzene rings is 2. The molecule has 0 spiro atoms. The molecule has 1 aromatic heterocycles. The van der Waals surface area contributed by atoms with E-state index in [-0.39, 0.29) is 17.5 Å². The van der Waals surface area contributed by atoms with Crippen LogP contribution < -0.4 is 10.5 Å². The molecule has 1 saturated carbocycles. The van der Waals surface area contributed by atoms with Crippen molar-refractivity contribution in [2.24, 2.45) is 0 Å². The third kappa shape index (κ3) is 4.27. The number of rotatable bonds is 5. The van der Waals surface area contributed by atoms with Crippen molar-refractivity contribution in [3.8, 4) is 0 Å². The Morgan fingerprint density at radius 1 is 0.967 bits per heavy atom. The van der Waals surface area contributed by atoms with Crippen LogP contribution in [0.3, 0.4) is 0 Å². The average molecular weight is 405 g/mol. The first-order valence-electron chi connectivity index (χ1n) is 10.2. The van der Waals surface area contributed by atoms with Crippen LogP contribution in [0.15, 0.2) is 69.9 Å². The van der Waals surface area contributed by atoms with E-state index in [1.54, 1.807) is 29.2 Å². The Labute approximate surface area is 174 Å². The Balaban J connectivity index is 1.51. The minimum Gasteiger partial charge on any atom is -0.452 e. The Bertz CT molecular complexity index is 1100. The highest BCUT2D eigenvalue weighted by Gasteiger charge is 2.28. The molecule has 4 rings (SSSR count). The minimum absolute atomic E-state index is 0.0816. The zero-order chi connectivity index (χ0) is 20.9. The molecule has 1 aliphatic rings. The number of hydrogen-bond acceptors (Lipinski definition) is 5. The molecule has 6 heteroatoms. The number of anilines is 1. The molecule has 1 fully saturated rings. The highest BCUT2D eigenvalue weighted by atomic mass is 16.5. The standard InChI is InChI=1S/C24H23NO5/c26-22(25(18-10-3-1-4-11-18)19-12-5-2-6-13-19)16-29-23(27)20-15-17-9-7-8-14-21(17)30-24(20)28/h1,3-4,7-11,14-15,19H,2,5-6,12-13,16H2. The summed E-state index contributed by atoms with van der Waals surface area (Å²) in [5.74, 6) is -1.16. The van der Waals surface area contributed by atoms with Crippen molar-refractivity contribution in [2.75, 3.05) is 11.5 Å². The number of nitrogens with zero attached hydrogens (tertiary/aromatic N) is 1. The maximum Gasteiger partial charge on any atom is 0.351 e. The van der Waals surface area contributed by atoms with Gasteiger partial charge >= 0.3 is 11.6 Å². The topological polar surface area (TPSA) is 76.8 Å². The summed E-state index contributed by atoms with van der Waals surface area (Å²) in [6, 6.07) is 17.8. The van der Waals surface area contributed by atoms with Crippen LogP contribution in [0.25, 0.3) is 11.0 Å². The summed E-state index contributed by atoms with van der Waals surface area (Å²) in [6.07, 6.45) is 5.14. The van der Waals surface area contributed by atoms with Gasteiger partial charge < -0.3 is 14.1 Å². The van der Waals surface area contributed by atoms with Crippen molar-refractivity contribution in [3.63, 3.8) is 0 Å². The normalized spacial score (nSPS) is 14.4. The van der Waals surface area contributed by atoms with Gasteiger partial charge in [0.2, 0.25) is 0 Å². The van der Waals surface area contributed by atoms with Crippen LogP contribution in [-0.2, 0) is 9.53 Å². The SMILES string of the molecule is O=C(OCC(=O)N(c1ccccc1)C1CCCCC1)c1cc2ccccc2oc1=O. The molecule has 6 nitrogen and oxygen atoms in total. The first-order valence-corrected chi connectivity index (χ1v) is 10.2. The third-order valence-corrected chi connectivity index (χ3v) is 5.43. The van der Waals surface area contributed by atoms with Crippen LogP contribution in [-0.4, -0.2) is 24.5 Å². The Morgan fingerprint density at radius 2 is 1.67 bits per heavy atom. The molecule has 2 aromatic carbocycles. The van der Waals surface area contributed by atoms with Gasteiger partial charge in [0.25, 0.3) is 5.91 Å². The van der Waals surface area contributed by atoms with Crippen molar-refractivity contribution >= 4 is 28.5 Å². The number of carbonyl (C=O) groups is 2. The second-order valence-corrected chi connectivity index (χ2v) is 7.45. The number of amides is 1. The fourth-order valence-corrected chi connectivity index (χ4v) is 3.97. The molecule has 3 aromatic rings. The van der Waals surface area contributed by atoms with E-state index in [2.05, 4.69) is 0 Å². The van der Waals surface area contributed by atoms with Gasteiger partial charge in [-0.05, 0) is 37.1 Å². The number of ether oxygens (including phenoxy) is 1. The van der Waals surface area contributed by atoms with E-state index in [0.29, 0.717) is 11.0 Å². The second kappa shape index (κ2) is 8.95. The molecule has 154 valence electrons. The van der Waals surface area contributed by atoms with Crippen molar-refractivity contribution in [1.82, 2.24) is 0 Å². The molecule has 0 saturated heterocycles. The minimum atomic E-state index is -0.862. The maximum atomic E-state index is 13.0. The van der Waals surface area contributed by atoms with Crippen LogP contribution in [0.2, 0.25) is 0 Å². The van der Waals surface area contributed by atoms with Gasteiger partial charge in [0.15, 0.2) is 6.61 Å². The number of fused-ring (bicyclic) bond motifs is 1. The van der Waals surface area contributed by atoms with Gasteiger partial charge in [0.1, 0.15) is 11.1 Å². The zero-order valence-electron chi connectivity index (χ0n) is 16.6. The lowest BCUT2D eigenvalue weighted by atomic mass is 9.93. The molecule has 0 atom stereocenters. The first kappa shape index (κ1) is 19.9. The van der Waals surface area contributed by atoms with Gasteiger partial charge in [0, 0.05) is 17.1 Å². The van der Waals surface area contributed by atoms with Gasteiger partial charge in [-0.2, -0.15) is 0 Å². The van der Waals surface area contributed by atoms with Crippen LogP contribution in [0.4, 0.5) is 5.69 Å². The van der Waals surface area contributed by atoms with Crippen LogP contribution in [0, 0.1) is 0 Å². The fourth-order valence-electron chi connectivity index (χ4n) is 3.97. The molecule has 0 radical (unpaired) electrons. The summed E-state index contributed by atoms with van der Waals surface area (Å²) in [5.41, 5.74) is 0.183. The van der Waals surface area contributed by atoms with E-state index in [9.17, 15) is 14.4 Å². The molecule has 1 aliphatic carbocycles. The summed E-state index contributed by atoms with van der Waals surface area (Å²) in [5, 5.41) is 0.614. The smallest absolute Gasteiger partial charge is 0.351 e. The maximum absolute atomic E-state index is 13.0. The quantitative estimate of drug-likeness (QED) is 0.467. The van der Waals surface area contributed by atoms with Gasteiger partial charge in [-0.3, -0.25) is 4.79 Å². The van der Waals surface area contributed by atoms with E-state index in [4.69, 9.17) is 9.15 Å². The van der Waals surface area contributed by atoms with Crippen LogP contribution in [0.1, 0.15) is 42.5 Å². The summed E-state index contributed by atoms with van der Waals surface area (Å²) >= 11 is 0. The fraction of sp³-hybridized carbons (Fsp3) is 0.292. The van der Waals surface area contributed by atoms with E-state index in [1.807, 2.05) is 30.3 Å². The predicted octanol–water partition coefficient (Wildman–Crippen LogP) is 4.32. The largest absolute Gasteiger partial charge is 0.452 e. The van der Waals surface area contributed by atoms with E-state index >= 15 is 0 Å². The Kier molecular flexibility index (Phi) is 5.93. The number of esters is 1. The second-order valence-electron chi connectivity index (χ2n) is 7.45. The molecular formula is C24H23NO5. The van der Waals surface area contributed by atoms with Gasteiger partial charge in [-0.15, -0.1) is 0 Å². The van der Waals surface area contributed by atoms with Crippen molar-refractivity contribution in [2.45, 2.75) is 38.1 Å². The highest BCUT2D eigenvalue weighted by molar-refractivity contribution is 5.98. The van der Waals surface area contributed by atoms with Crippen molar-refractivity contribution in [3.05, 3.63) is 76.6 Å². The number of hydrogen-bond donors (Lipinski definition) is 0. The lowest BCUT2D eigenvalue weighted by Crippen LogP contribution is -2.44. The molecule has 0 unspecified atom stereocenters. The molecule has 1 amide bonds. The average Bonchev–Trinajstić information content (AvgIpc) is 2.78. The summed E-state index contributed by atoms with van der Waals surface area (Å²) in [4.78, 5) is 39.4. The van der Waals surface area contributed by atoms with Gasteiger partial charge in [0.05, 0.1) is 0 Å². The van der Waals surface area contributed by atoms with Gasteiger partial charge in [-0.1, -0.05) is 55.7 Å². The number of carbonyl (C=O) groups excluding carboxylic acids is 2. The molecule has 1 heterocycles. The number of para-hydroxylation sites is 2.